The fourth-order valence-electron chi connectivity index (χ4n) is 2.78. The number of benzene rings is 1. The fourth-order valence-corrected chi connectivity index (χ4v) is 4.64. The zero-order valence-corrected chi connectivity index (χ0v) is 13.6. The molecule has 1 fully saturated rings. The van der Waals surface area contributed by atoms with Crippen molar-refractivity contribution in [2.75, 3.05) is 20.2 Å². The quantitative estimate of drug-likeness (QED) is 0.918. The highest BCUT2D eigenvalue weighted by molar-refractivity contribution is 7.89. The van der Waals surface area contributed by atoms with Gasteiger partial charge in [-0.15, -0.1) is 0 Å². The maximum atomic E-state index is 12.9. The molecule has 1 saturated heterocycles. The van der Waals surface area contributed by atoms with Crippen LogP contribution in [0.4, 0.5) is 0 Å². The van der Waals surface area contributed by atoms with E-state index in [1.54, 1.807) is 32.2 Å². The first-order valence-electron chi connectivity index (χ1n) is 7.09. The van der Waals surface area contributed by atoms with Crippen LogP contribution in [0.1, 0.15) is 30.9 Å². The molecule has 1 aromatic carbocycles. The molecule has 0 bridgehead atoms. The van der Waals surface area contributed by atoms with Crippen molar-refractivity contribution >= 4 is 10.0 Å². The number of aliphatic hydroxyl groups is 1. The van der Waals surface area contributed by atoms with Crippen molar-refractivity contribution in [2.45, 2.75) is 43.8 Å². The molecule has 0 saturated carbocycles. The van der Waals surface area contributed by atoms with E-state index in [0.29, 0.717) is 24.2 Å². The SMILES string of the molecule is COC1(C)CCCN(S(=O)(=O)c2cccc(CO)c2C)C1. The number of hydrogen-bond donors (Lipinski definition) is 1. The first-order valence-corrected chi connectivity index (χ1v) is 8.53. The van der Waals surface area contributed by atoms with E-state index in [4.69, 9.17) is 4.74 Å². The lowest BCUT2D eigenvalue weighted by Crippen LogP contribution is -2.49. The van der Waals surface area contributed by atoms with Gasteiger partial charge < -0.3 is 9.84 Å². The van der Waals surface area contributed by atoms with Gasteiger partial charge in [-0.3, -0.25) is 0 Å². The van der Waals surface area contributed by atoms with Crippen LogP contribution in [0.5, 0.6) is 0 Å². The maximum absolute atomic E-state index is 12.9. The van der Waals surface area contributed by atoms with E-state index in [1.807, 2.05) is 6.92 Å². The van der Waals surface area contributed by atoms with Crippen LogP contribution in [0.15, 0.2) is 23.1 Å². The minimum Gasteiger partial charge on any atom is -0.392 e. The molecular formula is C15H23NO4S. The summed E-state index contributed by atoms with van der Waals surface area (Å²) in [4.78, 5) is 0.273. The molecule has 0 amide bonds. The van der Waals surface area contributed by atoms with E-state index in [1.165, 1.54) is 4.31 Å². The van der Waals surface area contributed by atoms with Crippen LogP contribution in [0.2, 0.25) is 0 Å². The largest absolute Gasteiger partial charge is 0.392 e. The summed E-state index contributed by atoms with van der Waals surface area (Å²) in [6, 6.07) is 5.01. The van der Waals surface area contributed by atoms with Gasteiger partial charge in [-0.2, -0.15) is 4.31 Å². The molecule has 0 aliphatic carbocycles. The number of ether oxygens (including phenoxy) is 1. The predicted molar refractivity (Wildman–Crippen MR) is 80.5 cm³/mol. The monoisotopic (exact) mass is 313 g/mol. The van der Waals surface area contributed by atoms with Crippen LogP contribution in [-0.4, -0.2) is 43.6 Å². The Kier molecular flexibility index (Phi) is 4.72. The third-order valence-corrected chi connectivity index (χ3v) is 6.29. The third kappa shape index (κ3) is 3.13. The lowest BCUT2D eigenvalue weighted by Gasteiger charge is -2.38. The molecule has 5 nitrogen and oxygen atoms in total. The second kappa shape index (κ2) is 6.04. The Morgan fingerprint density at radius 2 is 2.14 bits per heavy atom. The van der Waals surface area contributed by atoms with Crippen LogP contribution in [0.3, 0.4) is 0 Å². The number of nitrogens with zero attached hydrogens (tertiary/aromatic N) is 1. The maximum Gasteiger partial charge on any atom is 0.243 e. The Balaban J connectivity index is 2.38. The molecule has 0 aromatic heterocycles. The molecule has 1 aromatic rings. The van der Waals surface area contributed by atoms with Gasteiger partial charge in [0.2, 0.25) is 10.0 Å². The second-order valence-electron chi connectivity index (χ2n) is 5.79. The van der Waals surface area contributed by atoms with Crippen LogP contribution in [0.25, 0.3) is 0 Å². The molecule has 118 valence electrons. The molecule has 21 heavy (non-hydrogen) atoms. The van der Waals surface area contributed by atoms with E-state index in [2.05, 4.69) is 0 Å². The molecule has 1 atom stereocenters. The molecule has 1 unspecified atom stereocenters. The number of methoxy groups -OCH3 is 1. The lowest BCUT2D eigenvalue weighted by molar-refractivity contribution is -0.0319. The van der Waals surface area contributed by atoms with E-state index < -0.39 is 15.6 Å². The van der Waals surface area contributed by atoms with Gasteiger partial charge in [0.25, 0.3) is 0 Å². The second-order valence-corrected chi connectivity index (χ2v) is 7.70. The summed E-state index contributed by atoms with van der Waals surface area (Å²) in [5, 5.41) is 9.31. The first-order chi connectivity index (χ1) is 9.84. The zero-order chi connectivity index (χ0) is 15.7. The van der Waals surface area contributed by atoms with Crippen molar-refractivity contribution in [3.63, 3.8) is 0 Å². The summed E-state index contributed by atoms with van der Waals surface area (Å²) >= 11 is 0. The highest BCUT2D eigenvalue weighted by Crippen LogP contribution is 2.30. The molecular weight excluding hydrogens is 290 g/mol. The van der Waals surface area contributed by atoms with Gasteiger partial charge in [0.05, 0.1) is 17.1 Å². The summed E-state index contributed by atoms with van der Waals surface area (Å²) in [6.07, 6.45) is 1.63. The average molecular weight is 313 g/mol. The van der Waals surface area contributed by atoms with Gasteiger partial charge in [-0.05, 0) is 43.9 Å². The minimum absolute atomic E-state index is 0.162. The molecule has 6 heteroatoms. The molecule has 1 aliphatic rings. The summed E-state index contributed by atoms with van der Waals surface area (Å²) in [5.41, 5.74) is 0.820. The summed E-state index contributed by atoms with van der Waals surface area (Å²) in [6.45, 7) is 4.37. The van der Waals surface area contributed by atoms with Crippen LogP contribution in [0, 0.1) is 6.92 Å². The average Bonchev–Trinajstić information content (AvgIpc) is 2.47. The smallest absolute Gasteiger partial charge is 0.243 e. The first kappa shape index (κ1) is 16.4. The fraction of sp³-hybridized carbons (Fsp3) is 0.600. The third-order valence-electron chi connectivity index (χ3n) is 4.30. The number of piperidine rings is 1. The Bertz CT molecular complexity index is 614. The van der Waals surface area contributed by atoms with Crippen molar-refractivity contribution < 1.29 is 18.3 Å². The molecule has 1 aliphatic heterocycles. The van der Waals surface area contributed by atoms with Crippen LogP contribution >= 0.6 is 0 Å². The van der Waals surface area contributed by atoms with Crippen LogP contribution in [-0.2, 0) is 21.4 Å². The summed E-state index contributed by atoms with van der Waals surface area (Å²) in [5.74, 6) is 0. The van der Waals surface area contributed by atoms with Crippen molar-refractivity contribution in [3.05, 3.63) is 29.3 Å². The van der Waals surface area contributed by atoms with Gasteiger partial charge >= 0.3 is 0 Å². The Morgan fingerprint density at radius 3 is 2.76 bits per heavy atom. The number of hydrogen-bond acceptors (Lipinski definition) is 4. The van der Waals surface area contributed by atoms with Crippen LogP contribution < -0.4 is 0 Å². The van der Waals surface area contributed by atoms with E-state index in [9.17, 15) is 13.5 Å². The predicted octanol–water partition coefficient (Wildman–Crippen LogP) is 1.68. The molecule has 1 heterocycles. The molecule has 1 N–H and O–H groups in total. The van der Waals surface area contributed by atoms with Crippen molar-refractivity contribution in [1.29, 1.82) is 0 Å². The Morgan fingerprint density at radius 1 is 1.43 bits per heavy atom. The minimum atomic E-state index is -3.56. The Hall–Kier alpha value is -0.950. The normalized spacial score (nSPS) is 24.2. The van der Waals surface area contributed by atoms with Gasteiger partial charge in [0.1, 0.15) is 0 Å². The number of sulfonamides is 1. The Labute approximate surface area is 126 Å². The van der Waals surface area contributed by atoms with Gasteiger partial charge in [-0.1, -0.05) is 12.1 Å². The van der Waals surface area contributed by atoms with E-state index >= 15 is 0 Å². The standard InChI is InChI=1S/C15H23NO4S/c1-12-13(10-17)6-4-7-14(12)21(18,19)16-9-5-8-15(2,11-16)20-3/h4,6-7,17H,5,8-11H2,1-3H3. The zero-order valence-electron chi connectivity index (χ0n) is 12.8. The van der Waals surface area contributed by atoms with Crippen molar-refractivity contribution in [2.24, 2.45) is 0 Å². The molecule has 0 spiro atoms. The van der Waals surface area contributed by atoms with E-state index in [0.717, 1.165) is 12.8 Å². The van der Waals surface area contributed by atoms with Gasteiger partial charge in [-0.25, -0.2) is 8.42 Å². The number of aliphatic hydroxyl groups excluding tert-OH is 1. The topological polar surface area (TPSA) is 66.8 Å². The lowest BCUT2D eigenvalue weighted by atomic mass is 9.96. The number of rotatable bonds is 4. The summed E-state index contributed by atoms with van der Waals surface area (Å²) in [7, 11) is -1.95. The van der Waals surface area contributed by atoms with Gasteiger partial charge in [0, 0.05) is 20.2 Å². The van der Waals surface area contributed by atoms with Crippen molar-refractivity contribution in [3.8, 4) is 0 Å². The highest BCUT2D eigenvalue weighted by atomic mass is 32.2. The van der Waals surface area contributed by atoms with Gasteiger partial charge in [0.15, 0.2) is 0 Å². The van der Waals surface area contributed by atoms with Crippen molar-refractivity contribution in [1.82, 2.24) is 4.31 Å². The van der Waals surface area contributed by atoms with E-state index in [-0.39, 0.29) is 11.5 Å². The highest BCUT2D eigenvalue weighted by Gasteiger charge is 2.37. The summed E-state index contributed by atoms with van der Waals surface area (Å²) < 4.78 is 32.7. The molecule has 2 rings (SSSR count). The molecule has 0 radical (unpaired) electrons.